The number of benzene rings is 3. The molecule has 6 nitrogen and oxygen atoms in total. The number of nitrogens with one attached hydrogen (secondary N) is 1. The molecule has 6 rings (SSSR count). The number of fused-ring (bicyclic) bond motifs is 1. The van der Waals surface area contributed by atoms with Crippen LogP contribution in [0.25, 0.3) is 11.4 Å². The van der Waals surface area contributed by atoms with Gasteiger partial charge in [0.15, 0.2) is 0 Å². The van der Waals surface area contributed by atoms with Crippen LogP contribution in [-0.4, -0.2) is 50.9 Å². The van der Waals surface area contributed by atoms with E-state index >= 15 is 0 Å². The number of amides is 1. The van der Waals surface area contributed by atoms with Crippen LogP contribution in [0, 0.1) is 5.82 Å². The van der Waals surface area contributed by atoms with Crippen molar-refractivity contribution in [2.24, 2.45) is 0 Å². The highest BCUT2D eigenvalue weighted by Crippen LogP contribution is 2.37. The van der Waals surface area contributed by atoms with Gasteiger partial charge < -0.3 is 19.7 Å². The summed E-state index contributed by atoms with van der Waals surface area (Å²) in [7, 11) is 0. The summed E-state index contributed by atoms with van der Waals surface area (Å²) in [4.78, 5) is 22.6. The third kappa shape index (κ3) is 5.32. The zero-order valence-electron chi connectivity index (χ0n) is 22.0. The second-order valence-corrected chi connectivity index (χ2v) is 10.4. The van der Waals surface area contributed by atoms with Gasteiger partial charge in [0.2, 0.25) is 0 Å². The van der Waals surface area contributed by atoms with E-state index in [-0.39, 0.29) is 17.8 Å². The lowest BCUT2D eigenvalue weighted by atomic mass is 9.96. The normalized spacial score (nSPS) is 18.1. The number of anilines is 1. The molecule has 1 atom stereocenters. The average Bonchev–Trinajstić information content (AvgIpc) is 3.45. The van der Waals surface area contributed by atoms with E-state index in [0.29, 0.717) is 11.1 Å². The summed E-state index contributed by atoms with van der Waals surface area (Å²) in [5.41, 5.74) is 3.07. The second kappa shape index (κ2) is 11.4. The Balaban J connectivity index is 1.06. The van der Waals surface area contributed by atoms with E-state index in [1.54, 1.807) is 12.1 Å². The fourth-order valence-electron chi connectivity index (χ4n) is 5.95. The molecular weight excluding hydrogens is 489 g/mol. The van der Waals surface area contributed by atoms with Crippen molar-refractivity contribution in [3.8, 4) is 11.4 Å². The zero-order chi connectivity index (χ0) is 26.6. The first kappa shape index (κ1) is 25.3. The van der Waals surface area contributed by atoms with Gasteiger partial charge in [0, 0.05) is 54.9 Å². The molecule has 39 heavy (non-hydrogen) atoms. The second-order valence-electron chi connectivity index (χ2n) is 10.4. The number of para-hydroxylation sites is 1. The number of rotatable bonds is 8. The van der Waals surface area contributed by atoms with Crippen molar-refractivity contribution in [2.45, 2.75) is 44.4 Å². The number of halogens is 1. The smallest absolute Gasteiger partial charge is 0.258 e. The third-order valence-corrected chi connectivity index (χ3v) is 7.98. The van der Waals surface area contributed by atoms with Crippen molar-refractivity contribution in [3.05, 3.63) is 108 Å². The first-order valence-electron chi connectivity index (χ1n) is 13.9. The summed E-state index contributed by atoms with van der Waals surface area (Å²) in [6.07, 6.45) is 7.35. The summed E-state index contributed by atoms with van der Waals surface area (Å²) in [6, 6.07) is 24.7. The van der Waals surface area contributed by atoms with Crippen molar-refractivity contribution in [1.29, 1.82) is 0 Å². The molecule has 1 unspecified atom stereocenters. The van der Waals surface area contributed by atoms with Gasteiger partial charge in [-0.05, 0) is 50.4 Å². The van der Waals surface area contributed by atoms with Gasteiger partial charge in [-0.3, -0.25) is 4.79 Å². The quantitative estimate of drug-likeness (QED) is 0.280. The Labute approximate surface area is 229 Å². The molecule has 2 aliphatic heterocycles. The Kier molecular flexibility index (Phi) is 7.41. The lowest BCUT2D eigenvalue weighted by Crippen LogP contribution is -2.52. The molecule has 200 valence electrons. The minimum Gasteiger partial charge on any atom is -0.361 e. The van der Waals surface area contributed by atoms with Gasteiger partial charge in [-0.25, -0.2) is 9.37 Å². The molecule has 0 radical (unpaired) electrons. The molecule has 3 heterocycles. The van der Waals surface area contributed by atoms with E-state index in [9.17, 15) is 9.18 Å². The van der Waals surface area contributed by atoms with Crippen LogP contribution in [0.3, 0.4) is 0 Å². The fraction of sp³-hybridized carbons (Fsp3) is 0.312. The Morgan fingerprint density at radius 1 is 0.872 bits per heavy atom. The highest BCUT2D eigenvalue weighted by molar-refractivity contribution is 6.02. The summed E-state index contributed by atoms with van der Waals surface area (Å²) in [6.45, 7) is 3.84. The number of nitrogens with zero attached hydrogens (tertiary/aromatic N) is 4. The number of hydrogen-bond donors (Lipinski definition) is 1. The van der Waals surface area contributed by atoms with Crippen LogP contribution < -0.4 is 5.32 Å². The maximum Gasteiger partial charge on any atom is 0.258 e. The number of aryl methyl sites for hydroxylation is 1. The van der Waals surface area contributed by atoms with E-state index in [2.05, 4.69) is 38.1 Å². The van der Waals surface area contributed by atoms with Crippen LogP contribution in [0.4, 0.5) is 10.1 Å². The van der Waals surface area contributed by atoms with Gasteiger partial charge in [-0.15, -0.1) is 0 Å². The highest BCUT2D eigenvalue weighted by Gasteiger charge is 2.39. The summed E-state index contributed by atoms with van der Waals surface area (Å²) >= 11 is 0. The van der Waals surface area contributed by atoms with Crippen LogP contribution in [-0.2, 0) is 6.54 Å². The number of likely N-dealkylation sites (tertiary alicyclic amines) is 1. The summed E-state index contributed by atoms with van der Waals surface area (Å²) in [5, 5.41) is 3.46. The number of imidazole rings is 1. The van der Waals surface area contributed by atoms with Gasteiger partial charge in [0.05, 0.1) is 5.56 Å². The molecule has 2 aliphatic rings. The molecule has 4 aromatic rings. The van der Waals surface area contributed by atoms with Crippen LogP contribution in [0.5, 0.6) is 0 Å². The molecule has 7 heteroatoms. The molecule has 0 spiro atoms. The molecule has 1 aromatic heterocycles. The van der Waals surface area contributed by atoms with Crippen molar-refractivity contribution >= 4 is 11.6 Å². The van der Waals surface area contributed by atoms with E-state index in [1.807, 2.05) is 59.6 Å². The third-order valence-electron chi connectivity index (χ3n) is 7.98. The minimum absolute atomic E-state index is 0.0226. The van der Waals surface area contributed by atoms with Crippen molar-refractivity contribution in [2.75, 3.05) is 25.0 Å². The molecular formula is C32H34FN5O. The minimum atomic E-state index is -0.515. The Morgan fingerprint density at radius 2 is 1.59 bits per heavy atom. The van der Waals surface area contributed by atoms with Crippen LogP contribution in [0.15, 0.2) is 91.3 Å². The summed E-state index contributed by atoms with van der Waals surface area (Å²) in [5.74, 6) is 0.700. The molecule has 1 saturated heterocycles. The lowest BCUT2D eigenvalue weighted by Gasteiger charge is -2.45. The molecule has 0 saturated carbocycles. The van der Waals surface area contributed by atoms with E-state index in [0.717, 1.165) is 68.9 Å². The lowest BCUT2D eigenvalue weighted by molar-refractivity contribution is 0.0446. The Hall–Kier alpha value is -3.97. The van der Waals surface area contributed by atoms with Crippen LogP contribution in [0.2, 0.25) is 0 Å². The van der Waals surface area contributed by atoms with Gasteiger partial charge >= 0.3 is 0 Å². The zero-order valence-corrected chi connectivity index (χ0v) is 22.0. The van der Waals surface area contributed by atoms with E-state index in [4.69, 9.17) is 0 Å². The van der Waals surface area contributed by atoms with Crippen LogP contribution >= 0.6 is 0 Å². The monoisotopic (exact) mass is 523 g/mol. The molecule has 1 fully saturated rings. The number of carbonyl (C=O) groups excluding carboxylic acids is 1. The van der Waals surface area contributed by atoms with E-state index in [1.165, 1.54) is 6.07 Å². The van der Waals surface area contributed by atoms with Gasteiger partial charge in [0.25, 0.3) is 5.91 Å². The topological polar surface area (TPSA) is 53.4 Å². The van der Waals surface area contributed by atoms with Crippen molar-refractivity contribution in [1.82, 2.24) is 19.4 Å². The number of carbonyl (C=O) groups is 1. The Bertz CT molecular complexity index is 1410. The van der Waals surface area contributed by atoms with E-state index < -0.39 is 6.17 Å². The number of unbranched alkanes of at least 4 members (excludes halogenated alkanes) is 1. The summed E-state index contributed by atoms with van der Waals surface area (Å²) < 4.78 is 17.1. The first-order chi connectivity index (χ1) is 19.2. The SMILES string of the molecule is O=C1c2ccccc2NC(c2ccccc2F)N1C1CCN(CCCCn2ccnc2-c2ccccc2)CC1. The number of piperidine rings is 1. The Morgan fingerprint density at radius 3 is 2.41 bits per heavy atom. The first-order valence-corrected chi connectivity index (χ1v) is 13.9. The molecule has 1 amide bonds. The molecule has 0 aliphatic carbocycles. The largest absolute Gasteiger partial charge is 0.361 e. The maximum atomic E-state index is 14.9. The molecule has 1 N–H and O–H groups in total. The van der Waals surface area contributed by atoms with Crippen molar-refractivity contribution < 1.29 is 9.18 Å². The van der Waals surface area contributed by atoms with Crippen LogP contribution in [0.1, 0.15) is 47.8 Å². The molecule has 0 bridgehead atoms. The van der Waals surface area contributed by atoms with Crippen molar-refractivity contribution in [3.63, 3.8) is 0 Å². The predicted octanol–water partition coefficient (Wildman–Crippen LogP) is 6.20. The maximum absolute atomic E-state index is 14.9. The number of aromatic nitrogens is 2. The molecule has 3 aromatic carbocycles. The average molecular weight is 524 g/mol. The predicted molar refractivity (Wildman–Crippen MR) is 152 cm³/mol. The van der Waals surface area contributed by atoms with Gasteiger partial charge in [-0.2, -0.15) is 0 Å². The number of hydrogen-bond acceptors (Lipinski definition) is 4. The highest BCUT2D eigenvalue weighted by atomic mass is 19.1. The van der Waals surface area contributed by atoms with Gasteiger partial charge in [0.1, 0.15) is 17.8 Å². The van der Waals surface area contributed by atoms with Gasteiger partial charge in [-0.1, -0.05) is 60.7 Å². The standard InChI is InChI=1S/C32H34FN5O/c33-28-14-6-4-12-26(28)31-35-29-15-7-5-13-27(29)32(39)38(31)25-16-21-36(22-17-25)19-8-9-20-37-23-18-34-30(37)24-10-2-1-3-11-24/h1-7,10-15,18,23,25,31,35H,8-9,16-17,19-22H2. The fourth-order valence-corrected chi connectivity index (χ4v) is 5.95.